The van der Waals surface area contributed by atoms with Crippen molar-refractivity contribution in [2.75, 3.05) is 20.1 Å². The van der Waals surface area contributed by atoms with Crippen molar-refractivity contribution in [2.24, 2.45) is 0 Å². The maximum absolute atomic E-state index is 12.9. The van der Waals surface area contributed by atoms with Crippen molar-refractivity contribution in [1.82, 2.24) is 9.80 Å². The van der Waals surface area contributed by atoms with E-state index in [0.29, 0.717) is 19.0 Å². The van der Waals surface area contributed by atoms with Crippen LogP contribution in [-0.2, 0) is 17.8 Å². The number of hydrogen-bond donors (Lipinski definition) is 0. The number of likely N-dealkylation sites (tertiary alicyclic amines) is 1. The van der Waals surface area contributed by atoms with E-state index < -0.39 is 0 Å². The zero-order valence-electron chi connectivity index (χ0n) is 14.4. The highest BCUT2D eigenvalue weighted by atomic mass is 16.3. The molecule has 0 spiro atoms. The molecule has 1 amide bonds. The van der Waals surface area contributed by atoms with E-state index in [-0.39, 0.29) is 5.91 Å². The number of nitrogens with zero attached hydrogens (tertiary/aromatic N) is 2. The summed E-state index contributed by atoms with van der Waals surface area (Å²) in [5.74, 6) is 1.09. The monoisotopic (exact) mass is 326 g/mol. The molecular formula is C20H26N2O2. The molecule has 0 aliphatic carbocycles. The van der Waals surface area contributed by atoms with Crippen molar-refractivity contribution in [3.05, 3.63) is 60.1 Å². The van der Waals surface area contributed by atoms with Gasteiger partial charge in [-0.2, -0.15) is 0 Å². The third-order valence-electron chi connectivity index (χ3n) is 4.83. The van der Waals surface area contributed by atoms with Crippen LogP contribution in [-0.4, -0.2) is 41.9 Å². The van der Waals surface area contributed by atoms with Crippen LogP contribution in [0.3, 0.4) is 0 Å². The minimum Gasteiger partial charge on any atom is -0.467 e. The van der Waals surface area contributed by atoms with E-state index in [1.54, 1.807) is 6.26 Å². The Hall–Kier alpha value is -2.07. The maximum atomic E-state index is 12.9. The molecule has 1 aliphatic rings. The average molecular weight is 326 g/mol. The molecule has 1 saturated heterocycles. The fourth-order valence-electron chi connectivity index (χ4n) is 3.34. The molecule has 1 aromatic heterocycles. The van der Waals surface area contributed by atoms with Crippen LogP contribution in [0.4, 0.5) is 0 Å². The summed E-state index contributed by atoms with van der Waals surface area (Å²) in [6.45, 7) is 2.67. The second-order valence-electron chi connectivity index (χ2n) is 6.62. The molecule has 0 atom stereocenters. The Labute approximate surface area is 144 Å². The van der Waals surface area contributed by atoms with Crippen LogP contribution in [0.5, 0.6) is 0 Å². The molecule has 0 saturated carbocycles. The fraction of sp³-hybridized carbons (Fsp3) is 0.450. The Morgan fingerprint density at radius 1 is 1.17 bits per heavy atom. The van der Waals surface area contributed by atoms with Crippen LogP contribution in [0, 0.1) is 0 Å². The molecule has 0 radical (unpaired) electrons. The number of carbonyl (C=O) groups is 1. The standard InChI is InChI=1S/C20H26N2O2/c1-21-13-11-18(12-14-21)22(16-19-8-5-15-24-19)20(23)10-9-17-6-3-2-4-7-17/h2-8,15,18H,9-14,16H2,1H3. The van der Waals surface area contributed by atoms with Gasteiger partial charge in [-0.05, 0) is 57.1 Å². The maximum Gasteiger partial charge on any atom is 0.223 e. The summed E-state index contributed by atoms with van der Waals surface area (Å²) in [6.07, 6.45) is 5.09. The highest BCUT2D eigenvalue weighted by Crippen LogP contribution is 2.20. The van der Waals surface area contributed by atoms with Gasteiger partial charge in [0, 0.05) is 12.5 Å². The third-order valence-corrected chi connectivity index (χ3v) is 4.83. The smallest absolute Gasteiger partial charge is 0.223 e. The van der Waals surface area contributed by atoms with Crippen molar-refractivity contribution < 1.29 is 9.21 Å². The van der Waals surface area contributed by atoms with Crippen LogP contribution in [0.25, 0.3) is 0 Å². The second kappa shape index (κ2) is 8.15. The number of carbonyl (C=O) groups excluding carboxylic acids is 1. The van der Waals surface area contributed by atoms with Gasteiger partial charge in [-0.25, -0.2) is 0 Å². The Kier molecular flexibility index (Phi) is 5.70. The molecule has 2 heterocycles. The first-order valence-electron chi connectivity index (χ1n) is 8.76. The third kappa shape index (κ3) is 4.48. The highest BCUT2D eigenvalue weighted by molar-refractivity contribution is 5.76. The van der Waals surface area contributed by atoms with Gasteiger partial charge in [0.2, 0.25) is 5.91 Å². The molecule has 4 nitrogen and oxygen atoms in total. The Balaban J connectivity index is 1.65. The topological polar surface area (TPSA) is 36.7 Å². The molecule has 128 valence electrons. The van der Waals surface area contributed by atoms with E-state index in [9.17, 15) is 4.79 Å². The second-order valence-corrected chi connectivity index (χ2v) is 6.62. The van der Waals surface area contributed by atoms with E-state index in [0.717, 1.165) is 38.1 Å². The lowest BCUT2D eigenvalue weighted by Crippen LogP contribution is -2.46. The molecule has 0 unspecified atom stereocenters. The minimum absolute atomic E-state index is 0.227. The minimum atomic E-state index is 0.227. The zero-order valence-corrected chi connectivity index (χ0v) is 14.4. The molecule has 1 aromatic carbocycles. The zero-order chi connectivity index (χ0) is 16.8. The highest BCUT2D eigenvalue weighted by Gasteiger charge is 2.27. The van der Waals surface area contributed by atoms with Crippen LogP contribution in [0.2, 0.25) is 0 Å². The number of aryl methyl sites for hydroxylation is 1. The van der Waals surface area contributed by atoms with Gasteiger partial charge in [-0.1, -0.05) is 30.3 Å². The number of benzene rings is 1. The van der Waals surface area contributed by atoms with E-state index in [1.807, 2.05) is 35.2 Å². The molecule has 4 heteroatoms. The van der Waals surface area contributed by atoms with Gasteiger partial charge in [0.25, 0.3) is 0 Å². The summed E-state index contributed by atoms with van der Waals surface area (Å²) >= 11 is 0. The number of hydrogen-bond acceptors (Lipinski definition) is 3. The van der Waals surface area contributed by atoms with Crippen molar-refractivity contribution in [1.29, 1.82) is 0 Å². The van der Waals surface area contributed by atoms with Gasteiger partial charge in [-0.3, -0.25) is 4.79 Å². The summed E-state index contributed by atoms with van der Waals surface area (Å²) in [5.41, 5.74) is 1.21. The molecule has 2 aromatic rings. The molecule has 1 fully saturated rings. The molecule has 3 rings (SSSR count). The number of amides is 1. The first-order chi connectivity index (χ1) is 11.7. The quantitative estimate of drug-likeness (QED) is 0.817. The normalized spacial score (nSPS) is 16.2. The first kappa shape index (κ1) is 16.8. The lowest BCUT2D eigenvalue weighted by atomic mass is 10.0. The van der Waals surface area contributed by atoms with Gasteiger partial charge >= 0.3 is 0 Å². The fourth-order valence-corrected chi connectivity index (χ4v) is 3.34. The number of rotatable bonds is 6. The van der Waals surface area contributed by atoms with Gasteiger partial charge < -0.3 is 14.2 Å². The average Bonchev–Trinajstić information content (AvgIpc) is 3.13. The van der Waals surface area contributed by atoms with E-state index in [2.05, 4.69) is 24.1 Å². The summed E-state index contributed by atoms with van der Waals surface area (Å²) < 4.78 is 5.48. The van der Waals surface area contributed by atoms with Crippen molar-refractivity contribution in [2.45, 2.75) is 38.3 Å². The van der Waals surface area contributed by atoms with Gasteiger partial charge in [-0.15, -0.1) is 0 Å². The van der Waals surface area contributed by atoms with Crippen LogP contribution >= 0.6 is 0 Å². The molecule has 0 N–H and O–H groups in total. The molecular weight excluding hydrogens is 300 g/mol. The Morgan fingerprint density at radius 2 is 1.92 bits per heavy atom. The Bertz CT molecular complexity index is 616. The van der Waals surface area contributed by atoms with Crippen molar-refractivity contribution in [3.63, 3.8) is 0 Å². The van der Waals surface area contributed by atoms with Gasteiger partial charge in [0.1, 0.15) is 5.76 Å². The molecule has 1 aliphatic heterocycles. The first-order valence-corrected chi connectivity index (χ1v) is 8.76. The lowest BCUT2D eigenvalue weighted by Gasteiger charge is -2.37. The SMILES string of the molecule is CN1CCC(N(Cc2ccco2)C(=O)CCc2ccccc2)CC1. The van der Waals surface area contributed by atoms with Crippen molar-refractivity contribution in [3.8, 4) is 0 Å². The number of piperidine rings is 1. The summed E-state index contributed by atoms with van der Waals surface area (Å²) in [5, 5.41) is 0. The molecule has 0 bridgehead atoms. The lowest BCUT2D eigenvalue weighted by molar-refractivity contribution is -0.135. The van der Waals surface area contributed by atoms with Gasteiger partial charge in [0.15, 0.2) is 0 Å². The van der Waals surface area contributed by atoms with Crippen LogP contribution in [0.15, 0.2) is 53.1 Å². The van der Waals surface area contributed by atoms with E-state index in [4.69, 9.17) is 4.42 Å². The Morgan fingerprint density at radius 3 is 2.58 bits per heavy atom. The summed E-state index contributed by atoms with van der Waals surface area (Å²) in [7, 11) is 2.14. The van der Waals surface area contributed by atoms with E-state index in [1.165, 1.54) is 5.56 Å². The largest absolute Gasteiger partial charge is 0.467 e. The number of furan rings is 1. The van der Waals surface area contributed by atoms with E-state index >= 15 is 0 Å². The van der Waals surface area contributed by atoms with Gasteiger partial charge in [0.05, 0.1) is 12.8 Å². The summed E-state index contributed by atoms with van der Waals surface area (Å²) in [6, 6.07) is 14.4. The van der Waals surface area contributed by atoms with Crippen LogP contribution in [0.1, 0.15) is 30.6 Å². The molecule has 24 heavy (non-hydrogen) atoms. The summed E-state index contributed by atoms with van der Waals surface area (Å²) in [4.78, 5) is 17.3. The van der Waals surface area contributed by atoms with Crippen LogP contribution < -0.4 is 0 Å². The predicted molar refractivity (Wildman–Crippen MR) is 94.5 cm³/mol. The van der Waals surface area contributed by atoms with Crippen molar-refractivity contribution >= 4 is 5.91 Å². The predicted octanol–water partition coefficient (Wildman–Crippen LogP) is 3.34.